The van der Waals surface area contributed by atoms with Gasteiger partial charge in [0.2, 0.25) is 0 Å². The molecular formula is C16H17BrN2O. The van der Waals surface area contributed by atoms with Gasteiger partial charge in [0.05, 0.1) is 11.7 Å². The number of aromatic nitrogens is 1. The lowest BCUT2D eigenvalue weighted by Gasteiger charge is -2.23. The average molecular weight is 333 g/mol. The summed E-state index contributed by atoms with van der Waals surface area (Å²) in [6.45, 7) is 2.58. The zero-order valence-electron chi connectivity index (χ0n) is 11.6. The van der Waals surface area contributed by atoms with Gasteiger partial charge >= 0.3 is 0 Å². The van der Waals surface area contributed by atoms with Crippen molar-refractivity contribution in [1.29, 1.82) is 0 Å². The Labute approximate surface area is 127 Å². The van der Waals surface area contributed by atoms with Gasteiger partial charge in [0.25, 0.3) is 0 Å². The topological polar surface area (TPSA) is 33.2 Å². The average Bonchev–Trinajstić information content (AvgIpc) is 2.47. The molecular weight excluding hydrogens is 316 g/mol. The van der Waals surface area contributed by atoms with Crippen molar-refractivity contribution in [1.82, 2.24) is 9.88 Å². The SMILES string of the molecule is CC(C(=O)c1ccc(Br)cc1)N(C)Cc1ccccn1. The molecule has 0 aliphatic carbocycles. The molecule has 2 rings (SSSR count). The summed E-state index contributed by atoms with van der Waals surface area (Å²) in [4.78, 5) is 18.7. The lowest BCUT2D eigenvalue weighted by molar-refractivity contribution is 0.0861. The van der Waals surface area contributed by atoms with E-state index in [-0.39, 0.29) is 11.8 Å². The van der Waals surface area contributed by atoms with Gasteiger partial charge in [-0.15, -0.1) is 0 Å². The largest absolute Gasteiger partial charge is 0.292 e. The number of ketones is 1. The lowest BCUT2D eigenvalue weighted by Crippen LogP contribution is -2.35. The summed E-state index contributed by atoms with van der Waals surface area (Å²) in [6.07, 6.45) is 1.77. The van der Waals surface area contributed by atoms with E-state index in [0.29, 0.717) is 6.54 Å². The number of hydrogen-bond acceptors (Lipinski definition) is 3. The van der Waals surface area contributed by atoms with E-state index in [1.807, 2.05) is 61.3 Å². The zero-order valence-corrected chi connectivity index (χ0v) is 13.2. The molecule has 3 nitrogen and oxygen atoms in total. The molecule has 0 amide bonds. The van der Waals surface area contributed by atoms with Crippen molar-refractivity contribution in [2.45, 2.75) is 19.5 Å². The first-order valence-electron chi connectivity index (χ1n) is 6.48. The molecule has 0 saturated heterocycles. The van der Waals surface area contributed by atoms with Gasteiger partial charge in [-0.05, 0) is 38.2 Å². The van der Waals surface area contributed by atoms with E-state index in [1.54, 1.807) is 6.20 Å². The summed E-state index contributed by atoms with van der Waals surface area (Å²) in [7, 11) is 1.94. The highest BCUT2D eigenvalue weighted by Crippen LogP contribution is 2.14. The Morgan fingerprint density at radius 2 is 1.95 bits per heavy atom. The number of carbonyl (C=O) groups is 1. The van der Waals surface area contributed by atoms with E-state index >= 15 is 0 Å². The first kappa shape index (κ1) is 14.9. The molecule has 0 aliphatic rings. The van der Waals surface area contributed by atoms with Crippen LogP contribution in [0.2, 0.25) is 0 Å². The molecule has 1 heterocycles. The summed E-state index contributed by atoms with van der Waals surface area (Å²) in [5, 5.41) is 0. The van der Waals surface area contributed by atoms with Crippen LogP contribution in [0.4, 0.5) is 0 Å². The number of carbonyl (C=O) groups excluding carboxylic acids is 1. The van der Waals surface area contributed by atoms with Crippen LogP contribution >= 0.6 is 15.9 Å². The number of benzene rings is 1. The molecule has 0 aliphatic heterocycles. The molecule has 0 saturated carbocycles. The second-order valence-electron chi connectivity index (χ2n) is 4.78. The maximum absolute atomic E-state index is 12.4. The molecule has 1 unspecified atom stereocenters. The second-order valence-corrected chi connectivity index (χ2v) is 5.70. The number of pyridine rings is 1. The van der Waals surface area contributed by atoms with Crippen LogP contribution in [-0.4, -0.2) is 28.8 Å². The van der Waals surface area contributed by atoms with Crippen molar-refractivity contribution < 1.29 is 4.79 Å². The second kappa shape index (κ2) is 6.77. The minimum absolute atomic E-state index is 0.121. The number of halogens is 1. The van der Waals surface area contributed by atoms with E-state index in [4.69, 9.17) is 0 Å². The molecule has 0 N–H and O–H groups in total. The number of Topliss-reactive ketones (excluding diaryl/α,β-unsaturated/α-hetero) is 1. The third kappa shape index (κ3) is 3.74. The fourth-order valence-corrected chi connectivity index (χ4v) is 2.20. The summed E-state index contributed by atoms with van der Waals surface area (Å²) < 4.78 is 0.976. The van der Waals surface area contributed by atoms with Crippen LogP contribution < -0.4 is 0 Å². The van der Waals surface area contributed by atoms with Gasteiger partial charge in [0, 0.05) is 22.8 Å². The number of hydrogen-bond donors (Lipinski definition) is 0. The van der Waals surface area contributed by atoms with Gasteiger partial charge < -0.3 is 0 Å². The van der Waals surface area contributed by atoms with E-state index in [9.17, 15) is 4.79 Å². The van der Waals surface area contributed by atoms with Crippen molar-refractivity contribution in [3.63, 3.8) is 0 Å². The molecule has 2 aromatic rings. The van der Waals surface area contributed by atoms with Crippen LogP contribution in [0.1, 0.15) is 23.0 Å². The molecule has 1 aromatic carbocycles. The fourth-order valence-electron chi connectivity index (χ4n) is 1.94. The standard InChI is InChI=1S/C16H17BrN2O/c1-12(16(20)13-6-8-14(17)9-7-13)19(2)11-15-5-3-4-10-18-15/h3-10,12H,11H2,1-2H3. The van der Waals surface area contributed by atoms with Crippen LogP contribution in [-0.2, 0) is 6.54 Å². The predicted molar refractivity (Wildman–Crippen MR) is 83.6 cm³/mol. The molecule has 4 heteroatoms. The van der Waals surface area contributed by atoms with Crippen LogP contribution in [0.3, 0.4) is 0 Å². The molecule has 0 spiro atoms. The van der Waals surface area contributed by atoms with Crippen LogP contribution in [0.5, 0.6) is 0 Å². The fraction of sp³-hybridized carbons (Fsp3) is 0.250. The third-order valence-corrected chi connectivity index (χ3v) is 3.84. The van der Waals surface area contributed by atoms with Gasteiger partial charge in [-0.3, -0.25) is 14.7 Å². The molecule has 20 heavy (non-hydrogen) atoms. The van der Waals surface area contributed by atoms with Gasteiger partial charge in [-0.2, -0.15) is 0 Å². The van der Waals surface area contributed by atoms with Gasteiger partial charge in [-0.25, -0.2) is 0 Å². The third-order valence-electron chi connectivity index (χ3n) is 3.31. The Morgan fingerprint density at radius 1 is 1.25 bits per heavy atom. The summed E-state index contributed by atoms with van der Waals surface area (Å²) >= 11 is 3.37. The quantitative estimate of drug-likeness (QED) is 0.785. The predicted octanol–water partition coefficient (Wildman–Crippen LogP) is 3.55. The highest BCUT2D eigenvalue weighted by molar-refractivity contribution is 9.10. The Bertz CT molecular complexity index is 569. The number of likely N-dealkylation sites (N-methyl/N-ethyl adjacent to an activating group) is 1. The number of rotatable bonds is 5. The van der Waals surface area contributed by atoms with Crippen molar-refractivity contribution in [3.05, 3.63) is 64.4 Å². The monoisotopic (exact) mass is 332 g/mol. The molecule has 104 valence electrons. The zero-order chi connectivity index (χ0) is 14.5. The van der Waals surface area contributed by atoms with Crippen molar-refractivity contribution in [2.75, 3.05) is 7.05 Å². The lowest BCUT2D eigenvalue weighted by atomic mass is 10.0. The Morgan fingerprint density at radius 3 is 2.55 bits per heavy atom. The molecule has 1 aromatic heterocycles. The molecule has 0 radical (unpaired) electrons. The summed E-state index contributed by atoms with van der Waals surface area (Å²) in [5.74, 6) is 0.121. The molecule has 1 atom stereocenters. The van der Waals surface area contributed by atoms with Gasteiger partial charge in [-0.1, -0.05) is 34.1 Å². The summed E-state index contributed by atoms with van der Waals surface area (Å²) in [6, 6.07) is 13.1. The van der Waals surface area contributed by atoms with Crippen molar-refractivity contribution in [3.8, 4) is 0 Å². The maximum Gasteiger partial charge on any atom is 0.179 e. The van der Waals surface area contributed by atoms with E-state index in [2.05, 4.69) is 20.9 Å². The number of nitrogens with zero attached hydrogens (tertiary/aromatic N) is 2. The van der Waals surface area contributed by atoms with E-state index < -0.39 is 0 Å². The molecule has 0 bridgehead atoms. The minimum Gasteiger partial charge on any atom is -0.292 e. The maximum atomic E-state index is 12.4. The van der Waals surface area contributed by atoms with E-state index in [1.165, 1.54) is 0 Å². The minimum atomic E-state index is -0.182. The Kier molecular flexibility index (Phi) is 5.04. The Hall–Kier alpha value is -1.52. The van der Waals surface area contributed by atoms with Crippen LogP contribution in [0.15, 0.2) is 53.1 Å². The Balaban J connectivity index is 2.04. The summed E-state index contributed by atoms with van der Waals surface area (Å²) in [5.41, 5.74) is 1.69. The highest BCUT2D eigenvalue weighted by atomic mass is 79.9. The first-order valence-corrected chi connectivity index (χ1v) is 7.27. The highest BCUT2D eigenvalue weighted by Gasteiger charge is 2.19. The smallest absolute Gasteiger partial charge is 0.179 e. The van der Waals surface area contributed by atoms with Gasteiger partial charge in [0.15, 0.2) is 5.78 Å². The first-order chi connectivity index (χ1) is 9.58. The van der Waals surface area contributed by atoms with E-state index in [0.717, 1.165) is 15.7 Å². The normalized spacial score (nSPS) is 12.4. The van der Waals surface area contributed by atoms with Crippen LogP contribution in [0.25, 0.3) is 0 Å². The molecule has 0 fully saturated rings. The van der Waals surface area contributed by atoms with Gasteiger partial charge in [0.1, 0.15) is 0 Å². The van der Waals surface area contributed by atoms with Crippen molar-refractivity contribution >= 4 is 21.7 Å². The van der Waals surface area contributed by atoms with Crippen LogP contribution in [0, 0.1) is 0 Å². The van der Waals surface area contributed by atoms with Crippen molar-refractivity contribution in [2.24, 2.45) is 0 Å².